The minimum atomic E-state index is -0.450. The molecule has 128 valence electrons. The van der Waals surface area contributed by atoms with Gasteiger partial charge in [0.05, 0.1) is 0 Å². The van der Waals surface area contributed by atoms with Crippen molar-refractivity contribution in [2.45, 2.75) is 25.9 Å². The maximum atomic E-state index is 11.9. The van der Waals surface area contributed by atoms with Crippen LogP contribution in [0, 0.1) is 0 Å². The number of amides is 1. The summed E-state index contributed by atoms with van der Waals surface area (Å²) in [5.74, 6) is 0.221. The number of ketones is 1. The largest absolute Gasteiger partial charge is 0.445 e. The Morgan fingerprint density at radius 1 is 1.12 bits per heavy atom. The Kier molecular flexibility index (Phi) is 5.62. The molecule has 0 unspecified atom stereocenters. The molecule has 0 aromatic heterocycles. The lowest BCUT2D eigenvalue weighted by Crippen LogP contribution is -2.24. The molecular weight excluding hydrogens is 314 g/mol. The summed E-state index contributed by atoms with van der Waals surface area (Å²) in [6, 6.07) is 15.5. The first-order valence-electron chi connectivity index (χ1n) is 8.49. The van der Waals surface area contributed by atoms with Crippen LogP contribution in [0.2, 0.25) is 0 Å². The molecule has 0 radical (unpaired) electrons. The fourth-order valence-electron chi connectivity index (χ4n) is 2.86. The van der Waals surface area contributed by atoms with Crippen molar-refractivity contribution in [2.24, 2.45) is 0 Å². The molecule has 0 atom stereocenters. The molecular formula is C21H21NO3. The van der Waals surface area contributed by atoms with Crippen LogP contribution in [0.25, 0.3) is 6.08 Å². The van der Waals surface area contributed by atoms with E-state index in [0.717, 1.165) is 35.1 Å². The number of Topliss-reactive ketones (excluding diaryl/α,β-unsaturated/α-hetero) is 1. The van der Waals surface area contributed by atoms with Crippen LogP contribution in [0.3, 0.4) is 0 Å². The molecule has 1 aliphatic carbocycles. The Labute approximate surface area is 147 Å². The predicted octanol–water partition coefficient (Wildman–Crippen LogP) is 4.15. The third-order valence-corrected chi connectivity index (χ3v) is 4.17. The van der Waals surface area contributed by atoms with Gasteiger partial charge in [0.1, 0.15) is 6.61 Å². The molecule has 4 nitrogen and oxygen atoms in total. The minimum Gasteiger partial charge on any atom is -0.445 e. The molecule has 25 heavy (non-hydrogen) atoms. The highest BCUT2D eigenvalue weighted by Crippen LogP contribution is 2.22. The lowest BCUT2D eigenvalue weighted by molar-refractivity contribution is 0.0972. The first-order chi connectivity index (χ1) is 12.2. The second-order valence-electron chi connectivity index (χ2n) is 6.04. The highest BCUT2D eigenvalue weighted by atomic mass is 16.5. The summed E-state index contributed by atoms with van der Waals surface area (Å²) in [4.78, 5) is 23.6. The molecule has 0 fully saturated rings. The lowest BCUT2D eigenvalue weighted by Gasteiger charge is -2.14. The van der Waals surface area contributed by atoms with Crippen molar-refractivity contribution in [1.82, 2.24) is 5.32 Å². The third-order valence-electron chi connectivity index (χ3n) is 4.17. The maximum absolute atomic E-state index is 11.9. The van der Waals surface area contributed by atoms with Gasteiger partial charge in [-0.05, 0) is 35.6 Å². The fraction of sp³-hybridized carbons (Fsp3) is 0.238. The van der Waals surface area contributed by atoms with Crippen molar-refractivity contribution >= 4 is 18.0 Å². The first-order valence-corrected chi connectivity index (χ1v) is 8.49. The van der Waals surface area contributed by atoms with E-state index in [1.165, 1.54) is 0 Å². The number of hydrogen-bond donors (Lipinski definition) is 1. The van der Waals surface area contributed by atoms with Gasteiger partial charge in [-0.25, -0.2) is 4.79 Å². The third kappa shape index (κ3) is 4.80. The first kappa shape index (κ1) is 17.0. The van der Waals surface area contributed by atoms with E-state index in [4.69, 9.17) is 4.74 Å². The van der Waals surface area contributed by atoms with Gasteiger partial charge in [-0.1, -0.05) is 54.6 Å². The monoisotopic (exact) mass is 335 g/mol. The van der Waals surface area contributed by atoms with Gasteiger partial charge >= 0.3 is 6.09 Å². The molecule has 2 aromatic rings. The van der Waals surface area contributed by atoms with Crippen molar-refractivity contribution in [2.75, 3.05) is 6.54 Å². The van der Waals surface area contributed by atoms with Gasteiger partial charge in [0, 0.05) is 18.5 Å². The van der Waals surface area contributed by atoms with Gasteiger partial charge in [-0.2, -0.15) is 0 Å². The Morgan fingerprint density at radius 3 is 2.80 bits per heavy atom. The number of nitrogens with one attached hydrogen (secondary N) is 1. The van der Waals surface area contributed by atoms with E-state index in [2.05, 4.69) is 5.32 Å². The number of fused-ring (bicyclic) bond motifs is 1. The number of carbonyl (C=O) groups excluding carboxylic acids is 2. The van der Waals surface area contributed by atoms with Gasteiger partial charge in [0.2, 0.25) is 0 Å². The Bertz CT molecular complexity index is 781. The summed E-state index contributed by atoms with van der Waals surface area (Å²) in [6.45, 7) is 0.627. The zero-order chi connectivity index (χ0) is 17.5. The SMILES string of the molecule is O=C(NCC=Cc1ccc2c(c1)C(=O)CCC2)OCc1ccccc1. The molecule has 1 N–H and O–H groups in total. The number of alkyl carbamates (subject to hydrolysis) is 1. The molecule has 0 saturated carbocycles. The van der Waals surface area contributed by atoms with Crippen LogP contribution in [0.1, 0.15) is 39.9 Å². The van der Waals surface area contributed by atoms with Crippen LogP contribution in [-0.4, -0.2) is 18.4 Å². The second kappa shape index (κ2) is 8.29. The number of ether oxygens (including phenoxy) is 1. The standard InChI is InChI=1S/C21H21NO3/c23-20-10-4-9-18-12-11-16(14-19(18)20)8-5-13-22-21(24)25-15-17-6-2-1-3-7-17/h1-3,5-8,11-12,14H,4,9-10,13,15H2,(H,22,24). The van der Waals surface area contributed by atoms with E-state index >= 15 is 0 Å². The predicted molar refractivity (Wildman–Crippen MR) is 97.4 cm³/mol. The van der Waals surface area contributed by atoms with Crippen LogP contribution in [0.4, 0.5) is 4.79 Å². The van der Waals surface area contributed by atoms with Gasteiger partial charge in [-0.3, -0.25) is 4.79 Å². The molecule has 0 bridgehead atoms. The van der Waals surface area contributed by atoms with E-state index in [1.54, 1.807) is 0 Å². The molecule has 0 aliphatic heterocycles. The molecule has 0 heterocycles. The summed E-state index contributed by atoms with van der Waals surface area (Å²) >= 11 is 0. The Balaban J connectivity index is 1.46. The molecule has 1 aliphatic rings. The van der Waals surface area contributed by atoms with E-state index in [-0.39, 0.29) is 12.4 Å². The average Bonchev–Trinajstić information content (AvgIpc) is 2.65. The number of carbonyl (C=O) groups is 2. The zero-order valence-corrected chi connectivity index (χ0v) is 14.0. The summed E-state index contributed by atoms with van der Waals surface area (Å²) in [5.41, 5.74) is 3.89. The normalized spacial score (nSPS) is 13.5. The van der Waals surface area contributed by atoms with Crippen LogP contribution in [0.15, 0.2) is 54.6 Å². The highest BCUT2D eigenvalue weighted by Gasteiger charge is 2.16. The smallest absolute Gasteiger partial charge is 0.407 e. The molecule has 4 heteroatoms. The summed E-state index contributed by atoms with van der Waals surface area (Å²) < 4.78 is 5.14. The molecule has 2 aromatic carbocycles. The molecule has 1 amide bonds. The topological polar surface area (TPSA) is 55.4 Å². The van der Waals surface area contributed by atoms with Gasteiger partial charge < -0.3 is 10.1 Å². The van der Waals surface area contributed by atoms with E-state index in [1.807, 2.05) is 60.7 Å². The molecule has 0 saturated heterocycles. The number of rotatable bonds is 5. The van der Waals surface area contributed by atoms with Gasteiger partial charge in [0.25, 0.3) is 0 Å². The van der Waals surface area contributed by atoms with Crippen molar-refractivity contribution in [3.8, 4) is 0 Å². The van der Waals surface area contributed by atoms with Crippen LogP contribution in [-0.2, 0) is 17.8 Å². The second-order valence-corrected chi connectivity index (χ2v) is 6.04. The average molecular weight is 335 g/mol. The Morgan fingerprint density at radius 2 is 1.96 bits per heavy atom. The lowest BCUT2D eigenvalue weighted by atomic mass is 9.89. The van der Waals surface area contributed by atoms with Gasteiger partial charge in [-0.15, -0.1) is 0 Å². The number of benzene rings is 2. The highest BCUT2D eigenvalue weighted by molar-refractivity contribution is 5.98. The Hall–Kier alpha value is -2.88. The van der Waals surface area contributed by atoms with Crippen LogP contribution < -0.4 is 5.32 Å². The van der Waals surface area contributed by atoms with Crippen molar-refractivity contribution < 1.29 is 14.3 Å². The van der Waals surface area contributed by atoms with Gasteiger partial charge in [0.15, 0.2) is 5.78 Å². The summed E-state index contributed by atoms with van der Waals surface area (Å²) in [7, 11) is 0. The maximum Gasteiger partial charge on any atom is 0.407 e. The van der Waals surface area contributed by atoms with E-state index in [0.29, 0.717) is 13.0 Å². The summed E-state index contributed by atoms with van der Waals surface area (Å²) in [5, 5.41) is 2.68. The van der Waals surface area contributed by atoms with Crippen molar-refractivity contribution in [3.63, 3.8) is 0 Å². The quantitative estimate of drug-likeness (QED) is 0.893. The van der Waals surface area contributed by atoms with E-state index < -0.39 is 6.09 Å². The van der Waals surface area contributed by atoms with Crippen molar-refractivity contribution in [1.29, 1.82) is 0 Å². The molecule has 3 rings (SSSR count). The van der Waals surface area contributed by atoms with Crippen molar-refractivity contribution in [3.05, 3.63) is 76.9 Å². The number of aryl methyl sites for hydroxylation is 1. The number of hydrogen-bond acceptors (Lipinski definition) is 3. The molecule has 0 spiro atoms. The van der Waals surface area contributed by atoms with Crippen LogP contribution in [0.5, 0.6) is 0 Å². The fourth-order valence-corrected chi connectivity index (χ4v) is 2.86. The van der Waals surface area contributed by atoms with E-state index in [9.17, 15) is 9.59 Å². The van der Waals surface area contributed by atoms with Crippen LogP contribution >= 0.6 is 0 Å². The zero-order valence-electron chi connectivity index (χ0n) is 14.0. The minimum absolute atomic E-state index is 0.221. The summed E-state index contributed by atoms with van der Waals surface area (Å²) in [6.07, 6.45) is 5.85.